The highest BCUT2D eigenvalue weighted by Crippen LogP contribution is 2.28. The topological polar surface area (TPSA) is 95.7 Å². The summed E-state index contributed by atoms with van der Waals surface area (Å²) in [5.74, 6) is -3.42. The molecule has 4 rings (SSSR count). The summed E-state index contributed by atoms with van der Waals surface area (Å²) < 4.78 is 70.0. The molecule has 1 aliphatic heterocycles. The van der Waals surface area contributed by atoms with Gasteiger partial charge < -0.3 is 10.6 Å². The van der Waals surface area contributed by atoms with Crippen LogP contribution in [0.15, 0.2) is 78.2 Å². The third-order valence-electron chi connectivity index (χ3n) is 6.81. The molecule has 1 unspecified atom stereocenters. The van der Waals surface area contributed by atoms with Crippen LogP contribution in [0.2, 0.25) is 0 Å². The Morgan fingerprint density at radius 2 is 1.73 bits per heavy atom. The molecule has 210 valence electrons. The molecule has 1 aliphatic rings. The number of hydrogen-bond donors (Lipinski definition) is 2. The van der Waals surface area contributed by atoms with Crippen molar-refractivity contribution in [2.24, 2.45) is 0 Å². The van der Waals surface area contributed by atoms with Crippen molar-refractivity contribution in [3.8, 4) is 0 Å². The van der Waals surface area contributed by atoms with Crippen molar-refractivity contribution in [1.29, 1.82) is 0 Å². The number of allylic oxidation sites excluding steroid dienone is 2. The molecule has 1 amide bonds. The first-order valence-electron chi connectivity index (χ1n) is 12.5. The zero-order valence-corrected chi connectivity index (χ0v) is 22.6. The van der Waals surface area contributed by atoms with Gasteiger partial charge in [-0.05, 0) is 48.9 Å². The van der Waals surface area contributed by atoms with Gasteiger partial charge in [-0.15, -0.1) is 0 Å². The maximum absolute atomic E-state index is 14.2. The smallest absolute Gasteiger partial charge is 0.263 e. The maximum atomic E-state index is 14.2. The van der Waals surface area contributed by atoms with E-state index in [1.54, 1.807) is 42.2 Å². The van der Waals surface area contributed by atoms with E-state index in [2.05, 4.69) is 11.3 Å². The van der Waals surface area contributed by atoms with E-state index in [1.165, 1.54) is 30.3 Å². The second-order valence-electron chi connectivity index (χ2n) is 9.33. The molecule has 1 saturated heterocycles. The van der Waals surface area contributed by atoms with Gasteiger partial charge in [0.1, 0.15) is 10.7 Å². The molecule has 0 bridgehead atoms. The lowest BCUT2D eigenvalue weighted by Crippen LogP contribution is -2.49. The molecule has 7 nitrogen and oxygen atoms in total. The van der Waals surface area contributed by atoms with Gasteiger partial charge in [-0.2, -0.15) is 0 Å². The van der Waals surface area contributed by atoms with Crippen molar-refractivity contribution in [3.05, 3.63) is 107 Å². The Morgan fingerprint density at radius 3 is 2.38 bits per heavy atom. The van der Waals surface area contributed by atoms with Gasteiger partial charge in [-0.25, -0.2) is 21.6 Å². The van der Waals surface area contributed by atoms with E-state index in [4.69, 9.17) is 5.73 Å². The van der Waals surface area contributed by atoms with Crippen molar-refractivity contribution >= 4 is 33.4 Å². The van der Waals surface area contributed by atoms with Gasteiger partial charge in [-0.1, -0.05) is 36.9 Å². The number of amides is 1. The third kappa shape index (κ3) is 6.21. The van der Waals surface area contributed by atoms with E-state index in [0.29, 0.717) is 43.4 Å². The van der Waals surface area contributed by atoms with Crippen molar-refractivity contribution < 1.29 is 26.4 Å². The SMILES string of the molecule is C=C/C=C\c1cccc(S(=O)(=O)Nc2ccc(C(=O)N3CCN(C(C)c4cc(F)cc(F)c4F)CC3)cc2)c1N. The largest absolute Gasteiger partial charge is 0.397 e. The molecule has 40 heavy (non-hydrogen) atoms. The van der Waals surface area contributed by atoms with Crippen LogP contribution >= 0.6 is 0 Å². The van der Waals surface area contributed by atoms with Crippen LogP contribution in [-0.2, 0) is 10.0 Å². The Hall–Kier alpha value is -4.09. The number of hydrogen-bond acceptors (Lipinski definition) is 5. The number of rotatable bonds is 8. The van der Waals surface area contributed by atoms with Crippen LogP contribution in [-0.4, -0.2) is 50.3 Å². The lowest BCUT2D eigenvalue weighted by Gasteiger charge is -2.38. The molecule has 0 aliphatic carbocycles. The van der Waals surface area contributed by atoms with Gasteiger partial charge in [0.25, 0.3) is 15.9 Å². The van der Waals surface area contributed by atoms with Crippen molar-refractivity contribution in [2.75, 3.05) is 36.6 Å². The van der Waals surface area contributed by atoms with Crippen LogP contribution in [0.4, 0.5) is 24.5 Å². The van der Waals surface area contributed by atoms with Crippen LogP contribution in [0.25, 0.3) is 6.08 Å². The van der Waals surface area contributed by atoms with Crippen molar-refractivity contribution in [1.82, 2.24) is 9.80 Å². The molecule has 0 saturated carbocycles. The van der Waals surface area contributed by atoms with E-state index in [9.17, 15) is 26.4 Å². The number of nitrogens with zero attached hydrogens (tertiary/aromatic N) is 2. The number of carbonyl (C=O) groups excluding carboxylic acids is 1. The van der Waals surface area contributed by atoms with E-state index in [1.807, 2.05) is 4.90 Å². The normalized spacial score (nSPS) is 15.2. The summed E-state index contributed by atoms with van der Waals surface area (Å²) >= 11 is 0. The van der Waals surface area contributed by atoms with Gasteiger partial charge in [0, 0.05) is 55.1 Å². The first-order valence-corrected chi connectivity index (χ1v) is 14.0. The number of sulfonamides is 1. The van der Waals surface area contributed by atoms with Gasteiger partial charge in [-0.3, -0.25) is 14.4 Å². The Bertz CT molecular complexity index is 1550. The molecule has 0 radical (unpaired) electrons. The Balaban J connectivity index is 1.40. The molecular formula is C29H29F3N4O3S. The van der Waals surface area contributed by atoms with Crippen LogP contribution in [0, 0.1) is 17.5 Å². The molecule has 1 heterocycles. The van der Waals surface area contributed by atoms with Crippen molar-refractivity contribution in [2.45, 2.75) is 17.9 Å². The van der Waals surface area contributed by atoms with Gasteiger partial charge in [0.15, 0.2) is 11.6 Å². The van der Waals surface area contributed by atoms with E-state index < -0.39 is 33.5 Å². The number of para-hydroxylation sites is 1. The first kappa shape index (κ1) is 28.9. The van der Waals surface area contributed by atoms with Crippen LogP contribution in [0.5, 0.6) is 0 Å². The number of carbonyl (C=O) groups is 1. The van der Waals surface area contributed by atoms with Crippen LogP contribution in [0.3, 0.4) is 0 Å². The van der Waals surface area contributed by atoms with E-state index in [-0.39, 0.29) is 27.7 Å². The molecule has 1 fully saturated rings. The number of nitrogens with one attached hydrogen (secondary N) is 1. The fourth-order valence-electron chi connectivity index (χ4n) is 4.57. The maximum Gasteiger partial charge on any atom is 0.263 e. The molecule has 0 spiro atoms. The second-order valence-corrected chi connectivity index (χ2v) is 11.0. The van der Waals surface area contributed by atoms with Crippen molar-refractivity contribution in [3.63, 3.8) is 0 Å². The van der Waals surface area contributed by atoms with Gasteiger partial charge >= 0.3 is 0 Å². The summed E-state index contributed by atoms with van der Waals surface area (Å²) in [6.45, 7) is 6.66. The highest BCUT2D eigenvalue weighted by molar-refractivity contribution is 7.92. The lowest BCUT2D eigenvalue weighted by atomic mass is 10.0. The average Bonchev–Trinajstić information content (AvgIpc) is 2.94. The number of piperazine rings is 1. The first-order chi connectivity index (χ1) is 19.0. The molecule has 3 N–H and O–H groups in total. The van der Waals surface area contributed by atoms with E-state index in [0.717, 1.165) is 6.07 Å². The number of nitrogens with two attached hydrogens (primary N) is 1. The molecular weight excluding hydrogens is 541 g/mol. The number of nitrogen functional groups attached to an aromatic ring is 1. The monoisotopic (exact) mass is 570 g/mol. The molecule has 1 atom stereocenters. The zero-order valence-electron chi connectivity index (χ0n) is 21.8. The lowest BCUT2D eigenvalue weighted by molar-refractivity contribution is 0.0578. The zero-order chi connectivity index (χ0) is 29.0. The Morgan fingerprint density at radius 1 is 1.05 bits per heavy atom. The van der Waals surface area contributed by atoms with Gasteiger partial charge in [0.2, 0.25) is 0 Å². The molecule has 11 heteroatoms. The molecule has 0 aromatic heterocycles. The minimum Gasteiger partial charge on any atom is -0.397 e. The summed E-state index contributed by atoms with van der Waals surface area (Å²) in [6.07, 6.45) is 4.86. The number of anilines is 2. The Kier molecular flexibility index (Phi) is 8.65. The summed E-state index contributed by atoms with van der Waals surface area (Å²) in [5.41, 5.74) is 7.26. The molecule has 3 aromatic rings. The minimum absolute atomic E-state index is 0.0722. The average molecular weight is 571 g/mol. The summed E-state index contributed by atoms with van der Waals surface area (Å²) in [6, 6.07) is 11.6. The van der Waals surface area contributed by atoms with Gasteiger partial charge in [0.05, 0.1) is 5.69 Å². The fraction of sp³-hybridized carbons (Fsp3) is 0.207. The predicted molar refractivity (Wildman–Crippen MR) is 150 cm³/mol. The van der Waals surface area contributed by atoms with Crippen LogP contribution in [0.1, 0.15) is 34.5 Å². The fourth-order valence-corrected chi connectivity index (χ4v) is 5.80. The number of benzene rings is 3. The van der Waals surface area contributed by atoms with E-state index >= 15 is 0 Å². The quantitative estimate of drug-likeness (QED) is 0.220. The number of halogens is 3. The summed E-state index contributed by atoms with van der Waals surface area (Å²) in [7, 11) is -4.00. The Labute approximate surface area is 231 Å². The highest BCUT2D eigenvalue weighted by Gasteiger charge is 2.28. The van der Waals surface area contributed by atoms with Crippen LogP contribution < -0.4 is 10.5 Å². The summed E-state index contributed by atoms with van der Waals surface area (Å²) in [4.78, 5) is 16.5. The third-order valence-corrected chi connectivity index (χ3v) is 8.25. The minimum atomic E-state index is -4.00. The summed E-state index contributed by atoms with van der Waals surface area (Å²) in [5, 5.41) is 0. The predicted octanol–water partition coefficient (Wildman–Crippen LogP) is 5.21. The molecule has 3 aromatic carbocycles. The highest BCUT2D eigenvalue weighted by atomic mass is 32.2. The standard InChI is InChI=1S/C29H29F3N4O3S/c1-3-4-6-20-7-5-8-26(28(20)33)40(38,39)34-23-11-9-21(10-12-23)29(37)36-15-13-35(14-16-36)19(2)24-17-22(30)18-25(31)27(24)32/h3-12,17-19,34H,1,13-16,33H2,2H3/b6-4-. The second kappa shape index (κ2) is 12.0.